The topological polar surface area (TPSA) is 94.9 Å². The number of carbonyl (C=O) groups is 2. The molecule has 0 N–H and O–H groups in total. The highest BCUT2D eigenvalue weighted by atomic mass is 16.5. The summed E-state index contributed by atoms with van der Waals surface area (Å²) >= 11 is 0. The number of ether oxygens (including phenoxy) is 4. The van der Waals surface area contributed by atoms with E-state index in [1.807, 2.05) is 13.0 Å². The smallest absolute Gasteiger partial charge is 0.331 e. The molecule has 0 atom stereocenters. The molecule has 2 rings (SSSR count). The van der Waals surface area contributed by atoms with Crippen LogP contribution in [0.3, 0.4) is 0 Å². The van der Waals surface area contributed by atoms with E-state index in [-0.39, 0.29) is 19.0 Å². The standard InChI is InChI=1S/C22H21NO6/c1-3-27-18-8-6-17(7-9-18)19(24)15-29-22(25)11-5-16-4-10-20(28-13-12-23)21(14-16)26-2/h4-11,14H,3,13,15H2,1-2H3. The highest BCUT2D eigenvalue weighted by Gasteiger charge is 2.09. The first-order valence-electron chi connectivity index (χ1n) is 8.86. The predicted octanol–water partition coefficient (Wildman–Crippen LogP) is 3.44. The maximum atomic E-state index is 12.1. The Morgan fingerprint density at radius 3 is 2.48 bits per heavy atom. The number of nitriles is 1. The molecule has 7 nitrogen and oxygen atoms in total. The lowest BCUT2D eigenvalue weighted by atomic mass is 10.1. The fourth-order valence-electron chi connectivity index (χ4n) is 2.35. The van der Waals surface area contributed by atoms with E-state index in [9.17, 15) is 9.59 Å². The van der Waals surface area contributed by atoms with Crippen molar-refractivity contribution in [2.45, 2.75) is 6.92 Å². The number of carbonyl (C=O) groups excluding carboxylic acids is 2. The van der Waals surface area contributed by atoms with Gasteiger partial charge in [0.25, 0.3) is 0 Å². The molecule has 0 aliphatic carbocycles. The summed E-state index contributed by atoms with van der Waals surface area (Å²) in [7, 11) is 1.48. The Kier molecular flexibility index (Phi) is 8.27. The minimum atomic E-state index is -0.645. The molecule has 0 fully saturated rings. The average Bonchev–Trinajstić information content (AvgIpc) is 2.75. The van der Waals surface area contributed by atoms with Crippen LogP contribution >= 0.6 is 0 Å². The molecule has 0 aliphatic heterocycles. The second kappa shape index (κ2) is 11.1. The van der Waals surface area contributed by atoms with Crippen molar-refractivity contribution in [2.75, 3.05) is 26.9 Å². The minimum Gasteiger partial charge on any atom is -0.494 e. The first-order chi connectivity index (χ1) is 14.1. The largest absolute Gasteiger partial charge is 0.494 e. The molecule has 7 heteroatoms. The van der Waals surface area contributed by atoms with Gasteiger partial charge in [0.15, 0.2) is 30.5 Å². The molecular weight excluding hydrogens is 374 g/mol. The summed E-state index contributed by atoms with van der Waals surface area (Å²) in [6.07, 6.45) is 2.75. The molecule has 0 heterocycles. The van der Waals surface area contributed by atoms with Gasteiger partial charge in [0.05, 0.1) is 13.7 Å². The van der Waals surface area contributed by atoms with Crippen molar-refractivity contribution < 1.29 is 28.5 Å². The van der Waals surface area contributed by atoms with Crippen molar-refractivity contribution in [3.05, 3.63) is 59.7 Å². The number of esters is 1. The van der Waals surface area contributed by atoms with Crippen LogP contribution in [0.15, 0.2) is 48.5 Å². The van der Waals surface area contributed by atoms with Gasteiger partial charge in [-0.15, -0.1) is 0 Å². The molecule has 0 spiro atoms. The number of nitrogens with zero attached hydrogens (tertiary/aromatic N) is 1. The van der Waals surface area contributed by atoms with Crippen molar-refractivity contribution >= 4 is 17.8 Å². The molecule has 0 saturated carbocycles. The van der Waals surface area contributed by atoms with Crippen LogP contribution in [0.25, 0.3) is 6.08 Å². The van der Waals surface area contributed by atoms with E-state index in [1.165, 1.54) is 19.3 Å². The first-order valence-corrected chi connectivity index (χ1v) is 8.86. The Bertz CT molecular complexity index is 912. The molecule has 0 amide bonds. The first kappa shape index (κ1) is 21.5. The van der Waals surface area contributed by atoms with Gasteiger partial charge in [-0.2, -0.15) is 5.26 Å². The van der Waals surface area contributed by atoms with Crippen LogP contribution < -0.4 is 14.2 Å². The van der Waals surface area contributed by atoms with Crippen molar-refractivity contribution in [1.29, 1.82) is 5.26 Å². The monoisotopic (exact) mass is 395 g/mol. The van der Waals surface area contributed by atoms with E-state index in [0.29, 0.717) is 35.0 Å². The van der Waals surface area contributed by atoms with Crippen LogP contribution in [0.1, 0.15) is 22.8 Å². The third kappa shape index (κ3) is 6.70. The van der Waals surface area contributed by atoms with E-state index >= 15 is 0 Å². The number of ketones is 1. The van der Waals surface area contributed by atoms with Crippen LogP contribution in [-0.2, 0) is 9.53 Å². The zero-order chi connectivity index (χ0) is 21.1. The Balaban J connectivity index is 1.90. The lowest BCUT2D eigenvalue weighted by molar-refractivity contribution is -0.136. The summed E-state index contributed by atoms with van der Waals surface area (Å²) in [5.41, 5.74) is 1.10. The van der Waals surface area contributed by atoms with Gasteiger partial charge < -0.3 is 18.9 Å². The Labute approximate surface area is 169 Å². The zero-order valence-electron chi connectivity index (χ0n) is 16.2. The molecule has 0 aromatic heterocycles. The van der Waals surface area contributed by atoms with E-state index in [4.69, 9.17) is 24.2 Å². The molecular formula is C22H21NO6. The molecule has 29 heavy (non-hydrogen) atoms. The van der Waals surface area contributed by atoms with Crippen LogP contribution in [0.2, 0.25) is 0 Å². The van der Waals surface area contributed by atoms with Crippen LogP contribution in [0, 0.1) is 11.3 Å². The van der Waals surface area contributed by atoms with E-state index in [2.05, 4.69) is 0 Å². The molecule has 2 aromatic rings. The lowest BCUT2D eigenvalue weighted by Crippen LogP contribution is -2.12. The van der Waals surface area contributed by atoms with E-state index in [0.717, 1.165) is 0 Å². The molecule has 0 unspecified atom stereocenters. The molecule has 150 valence electrons. The number of rotatable bonds is 10. The van der Waals surface area contributed by atoms with Crippen LogP contribution in [0.5, 0.6) is 17.2 Å². The number of methoxy groups -OCH3 is 1. The molecule has 0 radical (unpaired) electrons. The molecule has 0 aliphatic rings. The fourth-order valence-corrected chi connectivity index (χ4v) is 2.35. The number of Topliss-reactive ketones (excluding diaryl/α,β-unsaturated/α-hetero) is 1. The average molecular weight is 395 g/mol. The SMILES string of the molecule is CCOc1ccc(C(=O)COC(=O)C=Cc2ccc(OCC#N)c(OC)c2)cc1. The van der Waals surface area contributed by atoms with Gasteiger partial charge in [-0.25, -0.2) is 4.79 Å². The van der Waals surface area contributed by atoms with Gasteiger partial charge >= 0.3 is 5.97 Å². The van der Waals surface area contributed by atoms with Crippen molar-refractivity contribution in [1.82, 2.24) is 0 Å². The molecule has 2 aromatic carbocycles. The molecule has 0 bridgehead atoms. The van der Waals surface area contributed by atoms with Gasteiger partial charge in [0.1, 0.15) is 11.8 Å². The van der Waals surface area contributed by atoms with Gasteiger partial charge in [-0.1, -0.05) is 6.07 Å². The van der Waals surface area contributed by atoms with Crippen LogP contribution in [-0.4, -0.2) is 38.7 Å². The second-order valence-corrected chi connectivity index (χ2v) is 5.68. The van der Waals surface area contributed by atoms with Crippen molar-refractivity contribution in [3.63, 3.8) is 0 Å². The maximum absolute atomic E-state index is 12.1. The Morgan fingerprint density at radius 2 is 1.83 bits per heavy atom. The Morgan fingerprint density at radius 1 is 1.07 bits per heavy atom. The van der Waals surface area contributed by atoms with Crippen LogP contribution in [0.4, 0.5) is 0 Å². The third-order valence-electron chi connectivity index (χ3n) is 3.72. The highest BCUT2D eigenvalue weighted by Crippen LogP contribution is 2.28. The van der Waals surface area contributed by atoms with Crippen molar-refractivity contribution in [2.24, 2.45) is 0 Å². The quantitative estimate of drug-likeness (QED) is 0.345. The summed E-state index contributed by atoms with van der Waals surface area (Å²) in [5.74, 6) is 0.572. The zero-order valence-corrected chi connectivity index (χ0v) is 16.2. The number of hydrogen-bond donors (Lipinski definition) is 0. The second-order valence-electron chi connectivity index (χ2n) is 5.68. The maximum Gasteiger partial charge on any atom is 0.331 e. The fraction of sp³-hybridized carbons (Fsp3) is 0.227. The van der Waals surface area contributed by atoms with Gasteiger partial charge in [-0.05, 0) is 55.0 Å². The third-order valence-corrected chi connectivity index (χ3v) is 3.72. The summed E-state index contributed by atoms with van der Waals surface area (Å²) in [5, 5.41) is 8.58. The number of hydrogen-bond acceptors (Lipinski definition) is 7. The summed E-state index contributed by atoms with van der Waals surface area (Å²) in [4.78, 5) is 24.0. The van der Waals surface area contributed by atoms with E-state index < -0.39 is 5.97 Å². The van der Waals surface area contributed by atoms with Gasteiger partial charge in [-0.3, -0.25) is 4.79 Å². The van der Waals surface area contributed by atoms with Gasteiger partial charge in [0.2, 0.25) is 0 Å². The summed E-state index contributed by atoms with van der Waals surface area (Å²) in [6.45, 7) is 1.96. The normalized spacial score (nSPS) is 10.2. The Hall–Kier alpha value is -3.79. The predicted molar refractivity (Wildman–Crippen MR) is 106 cm³/mol. The summed E-state index contributed by atoms with van der Waals surface area (Å²) in [6, 6.07) is 13.5. The van der Waals surface area contributed by atoms with E-state index in [1.54, 1.807) is 42.5 Å². The minimum absolute atomic E-state index is 0.0970. The highest BCUT2D eigenvalue weighted by molar-refractivity contribution is 5.99. The van der Waals surface area contributed by atoms with Crippen molar-refractivity contribution in [3.8, 4) is 23.3 Å². The van der Waals surface area contributed by atoms with Gasteiger partial charge in [0, 0.05) is 11.6 Å². The summed E-state index contributed by atoms with van der Waals surface area (Å²) < 4.78 is 20.8. The molecule has 0 saturated heterocycles. The number of benzene rings is 2. The lowest BCUT2D eigenvalue weighted by Gasteiger charge is -2.08.